The van der Waals surface area contributed by atoms with Crippen molar-refractivity contribution in [3.8, 4) is 0 Å². The van der Waals surface area contributed by atoms with Gasteiger partial charge in [-0.2, -0.15) is 0 Å². The summed E-state index contributed by atoms with van der Waals surface area (Å²) in [7, 11) is 0. The van der Waals surface area contributed by atoms with Crippen LogP contribution in [0.5, 0.6) is 0 Å². The van der Waals surface area contributed by atoms with E-state index in [2.05, 4.69) is 0 Å². The van der Waals surface area contributed by atoms with Gasteiger partial charge in [-0.05, 0) is 31.9 Å². The number of likely N-dealkylation sites (tertiary alicyclic amines) is 1. The third-order valence-electron chi connectivity index (χ3n) is 3.09. The van der Waals surface area contributed by atoms with Crippen LogP contribution in [-0.4, -0.2) is 36.0 Å². The average Bonchev–Trinajstić information content (AvgIpc) is 2.88. The topological polar surface area (TPSA) is 46.6 Å². The first-order valence-electron chi connectivity index (χ1n) is 6.26. The second kappa shape index (κ2) is 5.67. The Balaban J connectivity index is 2.12. The van der Waals surface area contributed by atoms with Crippen LogP contribution in [0.1, 0.15) is 30.1 Å². The van der Waals surface area contributed by atoms with E-state index in [1.165, 1.54) is 0 Å². The number of ether oxygens (including phenoxy) is 1. The summed E-state index contributed by atoms with van der Waals surface area (Å²) in [6.07, 6.45) is 1.54. The van der Waals surface area contributed by atoms with Crippen LogP contribution >= 0.6 is 0 Å². The highest BCUT2D eigenvalue weighted by molar-refractivity contribution is 5.97. The average molecular weight is 247 g/mol. The molecule has 1 aromatic carbocycles. The first-order chi connectivity index (χ1) is 8.74. The number of nitrogens with zero attached hydrogens (tertiary/aromatic N) is 1. The lowest BCUT2D eigenvalue weighted by Crippen LogP contribution is -2.41. The van der Waals surface area contributed by atoms with E-state index in [1.807, 2.05) is 18.2 Å². The van der Waals surface area contributed by atoms with Gasteiger partial charge in [0.25, 0.3) is 5.91 Å². The Kier molecular flexibility index (Phi) is 3.97. The number of hydrogen-bond acceptors (Lipinski definition) is 3. The van der Waals surface area contributed by atoms with Gasteiger partial charge in [0.05, 0.1) is 6.61 Å². The number of hydrogen-bond donors (Lipinski definition) is 0. The van der Waals surface area contributed by atoms with Crippen LogP contribution in [0, 0.1) is 0 Å². The van der Waals surface area contributed by atoms with Gasteiger partial charge in [0.1, 0.15) is 6.04 Å². The van der Waals surface area contributed by atoms with Crippen LogP contribution in [0.4, 0.5) is 0 Å². The molecule has 0 bridgehead atoms. The molecule has 4 nitrogen and oxygen atoms in total. The highest BCUT2D eigenvalue weighted by Crippen LogP contribution is 2.21. The molecule has 0 aromatic heterocycles. The van der Waals surface area contributed by atoms with Gasteiger partial charge in [-0.15, -0.1) is 0 Å². The van der Waals surface area contributed by atoms with Crippen LogP contribution in [-0.2, 0) is 9.53 Å². The monoisotopic (exact) mass is 247 g/mol. The lowest BCUT2D eigenvalue weighted by atomic mass is 10.1. The molecule has 18 heavy (non-hydrogen) atoms. The van der Waals surface area contributed by atoms with Crippen LogP contribution in [0.3, 0.4) is 0 Å². The van der Waals surface area contributed by atoms with E-state index in [0.29, 0.717) is 25.1 Å². The van der Waals surface area contributed by atoms with Crippen molar-refractivity contribution in [1.29, 1.82) is 0 Å². The summed E-state index contributed by atoms with van der Waals surface area (Å²) >= 11 is 0. The van der Waals surface area contributed by atoms with Crippen molar-refractivity contribution >= 4 is 11.9 Å². The van der Waals surface area contributed by atoms with Gasteiger partial charge < -0.3 is 9.64 Å². The Morgan fingerprint density at radius 1 is 1.33 bits per heavy atom. The predicted octanol–water partition coefficient (Wildman–Crippen LogP) is 1.85. The molecular formula is C14H17NO3. The number of carbonyl (C=O) groups excluding carboxylic acids is 2. The maximum Gasteiger partial charge on any atom is 0.328 e. The lowest BCUT2D eigenvalue weighted by molar-refractivity contribution is -0.147. The minimum atomic E-state index is -0.419. The number of benzene rings is 1. The molecule has 0 saturated carbocycles. The minimum absolute atomic E-state index is 0.0915. The van der Waals surface area contributed by atoms with Crippen molar-refractivity contribution in [2.24, 2.45) is 0 Å². The zero-order valence-corrected chi connectivity index (χ0v) is 10.5. The third kappa shape index (κ3) is 2.53. The fourth-order valence-electron chi connectivity index (χ4n) is 2.24. The normalized spacial score (nSPS) is 18.7. The minimum Gasteiger partial charge on any atom is -0.464 e. The van der Waals surface area contributed by atoms with E-state index in [9.17, 15) is 9.59 Å². The molecule has 0 radical (unpaired) electrons. The molecule has 1 saturated heterocycles. The van der Waals surface area contributed by atoms with Gasteiger partial charge in [-0.3, -0.25) is 4.79 Å². The van der Waals surface area contributed by atoms with E-state index < -0.39 is 6.04 Å². The van der Waals surface area contributed by atoms with Crippen LogP contribution in [0.15, 0.2) is 30.3 Å². The quantitative estimate of drug-likeness (QED) is 0.766. The molecule has 1 aromatic rings. The predicted molar refractivity (Wildman–Crippen MR) is 67.1 cm³/mol. The van der Waals surface area contributed by atoms with Gasteiger partial charge in [-0.1, -0.05) is 18.2 Å². The summed E-state index contributed by atoms with van der Waals surface area (Å²) in [5, 5.41) is 0. The summed E-state index contributed by atoms with van der Waals surface area (Å²) in [6, 6.07) is 8.62. The molecular weight excluding hydrogens is 230 g/mol. The zero-order valence-electron chi connectivity index (χ0n) is 10.5. The maximum atomic E-state index is 12.3. The molecule has 0 spiro atoms. The first kappa shape index (κ1) is 12.6. The zero-order chi connectivity index (χ0) is 13.0. The molecule has 2 rings (SSSR count). The van der Waals surface area contributed by atoms with Crippen LogP contribution < -0.4 is 0 Å². The van der Waals surface area contributed by atoms with Crippen molar-refractivity contribution in [3.63, 3.8) is 0 Å². The smallest absolute Gasteiger partial charge is 0.328 e. The van der Waals surface area contributed by atoms with Crippen molar-refractivity contribution in [2.75, 3.05) is 13.2 Å². The second-order valence-electron chi connectivity index (χ2n) is 4.27. The Labute approximate surface area is 107 Å². The fraction of sp³-hybridized carbons (Fsp3) is 0.429. The van der Waals surface area contributed by atoms with E-state index >= 15 is 0 Å². The molecule has 0 unspecified atom stereocenters. The van der Waals surface area contributed by atoms with Crippen LogP contribution in [0.25, 0.3) is 0 Å². The van der Waals surface area contributed by atoms with E-state index in [4.69, 9.17) is 4.74 Å². The molecule has 1 aliphatic rings. The summed E-state index contributed by atoms with van der Waals surface area (Å²) in [6.45, 7) is 2.75. The molecule has 1 atom stereocenters. The molecule has 1 aliphatic heterocycles. The van der Waals surface area contributed by atoms with E-state index in [0.717, 1.165) is 6.42 Å². The highest BCUT2D eigenvalue weighted by atomic mass is 16.5. The summed E-state index contributed by atoms with van der Waals surface area (Å²) < 4.78 is 5.01. The second-order valence-corrected chi connectivity index (χ2v) is 4.27. The van der Waals surface area contributed by atoms with Crippen molar-refractivity contribution in [3.05, 3.63) is 35.9 Å². The summed E-state index contributed by atoms with van der Waals surface area (Å²) in [5.74, 6) is -0.384. The Bertz CT molecular complexity index is 430. The lowest BCUT2D eigenvalue weighted by Gasteiger charge is -2.23. The molecule has 96 valence electrons. The largest absolute Gasteiger partial charge is 0.464 e. The standard InChI is InChI=1S/C14H17NO3/c1-2-18-14(17)12-9-6-10-15(12)13(16)11-7-4-3-5-8-11/h3-5,7-8,12H,2,6,9-10H2,1H3/t12-/m0/s1. The van der Waals surface area contributed by atoms with Gasteiger partial charge in [0, 0.05) is 12.1 Å². The van der Waals surface area contributed by atoms with Crippen molar-refractivity contribution in [1.82, 2.24) is 4.90 Å². The Morgan fingerprint density at radius 2 is 2.06 bits per heavy atom. The molecule has 1 fully saturated rings. The van der Waals surface area contributed by atoms with Gasteiger partial charge in [0.2, 0.25) is 0 Å². The number of rotatable bonds is 3. The SMILES string of the molecule is CCOC(=O)[C@@H]1CCCN1C(=O)c1ccccc1. The van der Waals surface area contributed by atoms with Crippen molar-refractivity contribution < 1.29 is 14.3 Å². The summed E-state index contributed by atoms with van der Waals surface area (Å²) in [5.41, 5.74) is 0.619. The third-order valence-corrected chi connectivity index (χ3v) is 3.09. The Morgan fingerprint density at radius 3 is 2.72 bits per heavy atom. The number of esters is 1. The highest BCUT2D eigenvalue weighted by Gasteiger charge is 2.35. The van der Waals surface area contributed by atoms with Gasteiger partial charge in [-0.25, -0.2) is 4.79 Å². The van der Waals surface area contributed by atoms with E-state index in [1.54, 1.807) is 24.0 Å². The number of carbonyl (C=O) groups is 2. The van der Waals surface area contributed by atoms with Gasteiger partial charge >= 0.3 is 5.97 Å². The maximum absolute atomic E-state index is 12.3. The molecule has 0 aliphatic carbocycles. The molecule has 0 N–H and O–H groups in total. The molecule has 1 amide bonds. The van der Waals surface area contributed by atoms with Crippen molar-refractivity contribution in [2.45, 2.75) is 25.8 Å². The van der Waals surface area contributed by atoms with Crippen LogP contribution in [0.2, 0.25) is 0 Å². The first-order valence-corrected chi connectivity index (χ1v) is 6.26. The number of amides is 1. The Hall–Kier alpha value is -1.84. The van der Waals surface area contributed by atoms with Gasteiger partial charge in [0.15, 0.2) is 0 Å². The molecule has 1 heterocycles. The summed E-state index contributed by atoms with van der Waals surface area (Å²) in [4.78, 5) is 25.7. The van der Waals surface area contributed by atoms with E-state index in [-0.39, 0.29) is 11.9 Å². The fourth-order valence-corrected chi connectivity index (χ4v) is 2.24. The molecule has 4 heteroatoms.